The van der Waals surface area contributed by atoms with Crippen LogP contribution in [0.25, 0.3) is 0 Å². The average molecular weight is 232 g/mol. The van der Waals surface area contributed by atoms with Crippen molar-refractivity contribution < 1.29 is 4.79 Å². The molecule has 0 aromatic carbocycles. The fraction of sp³-hybridized carbons (Fsp3) is 0.583. The number of carbonyl (C=O) groups is 1. The summed E-state index contributed by atoms with van der Waals surface area (Å²) >= 11 is 0. The minimum Gasteiger partial charge on any atom is -0.341 e. The molecule has 90 valence electrons. The van der Waals surface area contributed by atoms with Crippen LogP contribution in [0, 0.1) is 0 Å². The molecule has 0 atom stereocenters. The average Bonchev–Trinajstić information content (AvgIpc) is 2.99. The van der Waals surface area contributed by atoms with Gasteiger partial charge in [0.1, 0.15) is 5.82 Å². The predicted molar refractivity (Wildman–Crippen MR) is 65.1 cm³/mol. The molecule has 17 heavy (non-hydrogen) atoms. The summed E-state index contributed by atoms with van der Waals surface area (Å²) in [5.74, 6) is 1.69. The topological polar surface area (TPSA) is 49.3 Å². The van der Waals surface area contributed by atoms with Crippen LogP contribution in [0.1, 0.15) is 25.7 Å². The summed E-state index contributed by atoms with van der Waals surface area (Å²) in [5, 5.41) is 0. The van der Waals surface area contributed by atoms with Crippen molar-refractivity contribution in [3.05, 3.63) is 12.3 Å². The van der Waals surface area contributed by atoms with Gasteiger partial charge < -0.3 is 4.90 Å². The van der Waals surface area contributed by atoms with E-state index in [1.165, 1.54) is 12.8 Å². The second kappa shape index (κ2) is 4.31. The Morgan fingerprint density at radius 2 is 1.94 bits per heavy atom. The maximum absolute atomic E-state index is 11.7. The van der Waals surface area contributed by atoms with Crippen LogP contribution in [0.4, 0.5) is 11.8 Å². The smallest absolute Gasteiger partial charge is 0.228 e. The van der Waals surface area contributed by atoms with E-state index < -0.39 is 0 Å². The summed E-state index contributed by atoms with van der Waals surface area (Å²) < 4.78 is 0. The SMILES string of the molecule is O=C1CCCN1c1ccnc(N2CCCC2)n1. The largest absolute Gasteiger partial charge is 0.341 e. The number of anilines is 2. The van der Waals surface area contributed by atoms with Gasteiger partial charge in [-0.2, -0.15) is 4.98 Å². The second-order valence-corrected chi connectivity index (χ2v) is 4.56. The molecule has 2 aliphatic heterocycles. The summed E-state index contributed by atoms with van der Waals surface area (Å²) in [6.07, 6.45) is 5.74. The summed E-state index contributed by atoms with van der Waals surface area (Å²) in [7, 11) is 0. The van der Waals surface area contributed by atoms with Gasteiger partial charge in [0.15, 0.2) is 0 Å². The molecule has 5 heteroatoms. The molecule has 0 N–H and O–H groups in total. The van der Waals surface area contributed by atoms with Crippen LogP contribution in [0.5, 0.6) is 0 Å². The first-order valence-corrected chi connectivity index (χ1v) is 6.23. The molecule has 2 fully saturated rings. The molecule has 5 nitrogen and oxygen atoms in total. The predicted octanol–water partition coefficient (Wildman–Crippen LogP) is 1.20. The molecule has 0 aliphatic carbocycles. The van der Waals surface area contributed by atoms with Gasteiger partial charge in [-0.05, 0) is 25.3 Å². The highest BCUT2D eigenvalue weighted by Gasteiger charge is 2.24. The van der Waals surface area contributed by atoms with Crippen LogP contribution in [0.15, 0.2) is 12.3 Å². The van der Waals surface area contributed by atoms with Crippen LogP contribution < -0.4 is 9.80 Å². The Morgan fingerprint density at radius 3 is 2.65 bits per heavy atom. The van der Waals surface area contributed by atoms with Crippen LogP contribution in [-0.2, 0) is 4.79 Å². The van der Waals surface area contributed by atoms with E-state index >= 15 is 0 Å². The van der Waals surface area contributed by atoms with Crippen molar-refractivity contribution >= 4 is 17.7 Å². The third-order valence-corrected chi connectivity index (χ3v) is 3.37. The number of hydrogen-bond acceptors (Lipinski definition) is 4. The molecule has 0 saturated carbocycles. The molecule has 2 aliphatic rings. The Hall–Kier alpha value is -1.65. The minimum absolute atomic E-state index is 0.177. The maximum Gasteiger partial charge on any atom is 0.228 e. The van der Waals surface area contributed by atoms with Crippen molar-refractivity contribution in [1.82, 2.24) is 9.97 Å². The highest BCUT2D eigenvalue weighted by molar-refractivity contribution is 5.94. The Balaban J connectivity index is 1.85. The normalized spacial score (nSPS) is 20.4. The first-order chi connectivity index (χ1) is 8.34. The van der Waals surface area contributed by atoms with E-state index in [-0.39, 0.29) is 5.91 Å². The Morgan fingerprint density at radius 1 is 1.12 bits per heavy atom. The summed E-state index contributed by atoms with van der Waals surface area (Å²) in [6, 6.07) is 1.82. The molecular formula is C12H16N4O. The lowest BCUT2D eigenvalue weighted by atomic mass is 10.4. The van der Waals surface area contributed by atoms with Crippen molar-refractivity contribution in [2.45, 2.75) is 25.7 Å². The number of hydrogen-bond donors (Lipinski definition) is 0. The lowest BCUT2D eigenvalue weighted by Gasteiger charge is -2.18. The van der Waals surface area contributed by atoms with E-state index in [9.17, 15) is 4.79 Å². The molecular weight excluding hydrogens is 216 g/mol. The van der Waals surface area contributed by atoms with E-state index in [0.29, 0.717) is 6.42 Å². The van der Waals surface area contributed by atoms with Gasteiger partial charge in [-0.3, -0.25) is 9.69 Å². The molecule has 3 rings (SSSR count). The molecule has 3 heterocycles. The van der Waals surface area contributed by atoms with Gasteiger partial charge in [0.25, 0.3) is 0 Å². The third-order valence-electron chi connectivity index (χ3n) is 3.37. The molecule has 2 saturated heterocycles. The standard InChI is InChI=1S/C12H16N4O/c17-11-4-3-9-16(11)10-5-6-13-12(14-10)15-7-1-2-8-15/h5-6H,1-4,7-9H2. The van der Waals surface area contributed by atoms with Gasteiger partial charge in [0, 0.05) is 32.3 Å². The van der Waals surface area contributed by atoms with Crippen molar-refractivity contribution in [2.75, 3.05) is 29.4 Å². The molecule has 0 spiro atoms. The van der Waals surface area contributed by atoms with Crippen LogP contribution >= 0.6 is 0 Å². The molecule has 0 bridgehead atoms. The summed E-state index contributed by atoms with van der Waals surface area (Å²) in [4.78, 5) is 24.4. The molecule has 0 radical (unpaired) electrons. The van der Waals surface area contributed by atoms with Crippen molar-refractivity contribution in [2.24, 2.45) is 0 Å². The fourth-order valence-electron chi connectivity index (χ4n) is 2.45. The lowest BCUT2D eigenvalue weighted by molar-refractivity contribution is -0.117. The van der Waals surface area contributed by atoms with E-state index in [0.717, 1.165) is 37.8 Å². The molecule has 1 aromatic rings. The molecule has 1 aromatic heterocycles. The highest BCUT2D eigenvalue weighted by Crippen LogP contribution is 2.22. The number of aromatic nitrogens is 2. The quantitative estimate of drug-likeness (QED) is 0.769. The van der Waals surface area contributed by atoms with Gasteiger partial charge in [-0.15, -0.1) is 0 Å². The Labute approximate surface area is 100 Å². The third kappa shape index (κ3) is 1.97. The van der Waals surface area contributed by atoms with Gasteiger partial charge in [0.2, 0.25) is 11.9 Å². The van der Waals surface area contributed by atoms with E-state index in [2.05, 4.69) is 14.9 Å². The lowest BCUT2D eigenvalue weighted by Crippen LogP contribution is -2.26. The summed E-state index contributed by atoms with van der Waals surface area (Å²) in [5.41, 5.74) is 0. The van der Waals surface area contributed by atoms with Crippen LogP contribution in [0.3, 0.4) is 0 Å². The van der Waals surface area contributed by atoms with E-state index in [1.54, 1.807) is 11.1 Å². The van der Waals surface area contributed by atoms with Crippen molar-refractivity contribution in [3.8, 4) is 0 Å². The zero-order valence-electron chi connectivity index (χ0n) is 9.80. The second-order valence-electron chi connectivity index (χ2n) is 4.56. The Kier molecular flexibility index (Phi) is 2.66. The number of amides is 1. The number of nitrogens with zero attached hydrogens (tertiary/aromatic N) is 4. The first kappa shape index (κ1) is 10.5. The van der Waals surface area contributed by atoms with Gasteiger partial charge in [0.05, 0.1) is 0 Å². The maximum atomic E-state index is 11.7. The van der Waals surface area contributed by atoms with E-state index in [1.807, 2.05) is 6.07 Å². The van der Waals surface area contributed by atoms with Crippen LogP contribution in [-0.4, -0.2) is 35.5 Å². The summed E-state index contributed by atoms with van der Waals surface area (Å²) in [6.45, 7) is 2.84. The highest BCUT2D eigenvalue weighted by atomic mass is 16.2. The zero-order valence-corrected chi connectivity index (χ0v) is 9.80. The number of carbonyl (C=O) groups excluding carboxylic acids is 1. The minimum atomic E-state index is 0.177. The van der Waals surface area contributed by atoms with Crippen LogP contribution in [0.2, 0.25) is 0 Å². The molecule has 1 amide bonds. The monoisotopic (exact) mass is 232 g/mol. The Bertz CT molecular complexity index is 428. The van der Waals surface area contributed by atoms with Gasteiger partial charge >= 0.3 is 0 Å². The first-order valence-electron chi connectivity index (χ1n) is 6.23. The van der Waals surface area contributed by atoms with Gasteiger partial charge in [-0.1, -0.05) is 0 Å². The molecule has 0 unspecified atom stereocenters. The van der Waals surface area contributed by atoms with Gasteiger partial charge in [-0.25, -0.2) is 4.98 Å². The fourth-order valence-corrected chi connectivity index (χ4v) is 2.45. The zero-order chi connectivity index (χ0) is 11.7. The number of rotatable bonds is 2. The van der Waals surface area contributed by atoms with E-state index in [4.69, 9.17) is 0 Å². The van der Waals surface area contributed by atoms with Crippen molar-refractivity contribution in [1.29, 1.82) is 0 Å². The van der Waals surface area contributed by atoms with Crippen molar-refractivity contribution in [3.63, 3.8) is 0 Å².